The number of ether oxygens (including phenoxy) is 1. The molecule has 0 radical (unpaired) electrons. The third kappa shape index (κ3) is 5.71. The number of hydrogen-bond acceptors (Lipinski definition) is 3. The number of carbonyl (C=O) groups excluding carboxylic acids is 1. The van der Waals surface area contributed by atoms with Gasteiger partial charge in [-0.3, -0.25) is 4.79 Å². The summed E-state index contributed by atoms with van der Waals surface area (Å²) >= 11 is 0. The highest BCUT2D eigenvalue weighted by Gasteiger charge is 2.07. The van der Waals surface area contributed by atoms with Crippen molar-refractivity contribution in [3.05, 3.63) is 65.5 Å². The molecule has 0 aliphatic rings. The summed E-state index contributed by atoms with van der Waals surface area (Å²) in [6, 6.07) is 13.0. The zero-order valence-electron chi connectivity index (χ0n) is 13.0. The van der Waals surface area contributed by atoms with Gasteiger partial charge in [0.2, 0.25) is 0 Å². The molecule has 2 rings (SSSR count). The Hall–Kier alpha value is -2.40. The maximum absolute atomic E-state index is 13.1. The van der Waals surface area contributed by atoms with Gasteiger partial charge in [0.05, 0.1) is 6.10 Å². The zero-order chi connectivity index (χ0) is 16.7. The first-order valence-electron chi connectivity index (χ1n) is 7.48. The predicted octanol–water partition coefficient (Wildman–Crippen LogP) is 2.91. The molecule has 0 aliphatic heterocycles. The summed E-state index contributed by atoms with van der Waals surface area (Å²) < 4.78 is 18.6. The van der Waals surface area contributed by atoms with Crippen molar-refractivity contribution < 1.29 is 19.0 Å². The van der Waals surface area contributed by atoms with Gasteiger partial charge in [0.25, 0.3) is 5.91 Å². The summed E-state index contributed by atoms with van der Waals surface area (Å²) in [7, 11) is 0. The van der Waals surface area contributed by atoms with Crippen LogP contribution >= 0.6 is 0 Å². The van der Waals surface area contributed by atoms with Crippen molar-refractivity contribution in [2.24, 2.45) is 0 Å². The van der Waals surface area contributed by atoms with E-state index in [1.807, 2.05) is 6.07 Å². The van der Waals surface area contributed by atoms with Crippen molar-refractivity contribution in [1.82, 2.24) is 5.32 Å². The molecule has 0 fully saturated rings. The minimum atomic E-state index is -0.443. The average Bonchev–Trinajstić information content (AvgIpc) is 2.53. The standard InChI is InChI=1S/C18H20FNO3/c1-13(21)8-9-20-18(22)15-5-2-4-14(10-15)12-23-17-7-3-6-16(19)11-17/h2-7,10-11,13,21H,8-9,12H2,1H3,(H,20,22). The van der Waals surface area contributed by atoms with Crippen molar-refractivity contribution in [3.8, 4) is 5.75 Å². The first-order chi connectivity index (χ1) is 11.0. The van der Waals surface area contributed by atoms with E-state index in [-0.39, 0.29) is 18.3 Å². The molecule has 4 nitrogen and oxygen atoms in total. The predicted molar refractivity (Wildman–Crippen MR) is 85.8 cm³/mol. The Morgan fingerprint density at radius 3 is 2.78 bits per heavy atom. The van der Waals surface area contributed by atoms with E-state index >= 15 is 0 Å². The molecule has 5 heteroatoms. The van der Waals surface area contributed by atoms with Gasteiger partial charge in [-0.15, -0.1) is 0 Å². The van der Waals surface area contributed by atoms with E-state index in [0.29, 0.717) is 24.3 Å². The van der Waals surface area contributed by atoms with Crippen LogP contribution < -0.4 is 10.1 Å². The Kier molecular flexibility index (Phi) is 6.11. The molecule has 0 spiro atoms. The van der Waals surface area contributed by atoms with Crippen LogP contribution in [0.3, 0.4) is 0 Å². The van der Waals surface area contributed by atoms with Crippen LogP contribution in [-0.2, 0) is 6.61 Å². The highest BCUT2D eigenvalue weighted by molar-refractivity contribution is 5.94. The minimum absolute atomic E-state index is 0.196. The molecule has 0 aromatic heterocycles. The van der Waals surface area contributed by atoms with Crippen molar-refractivity contribution in [2.45, 2.75) is 26.1 Å². The zero-order valence-corrected chi connectivity index (χ0v) is 13.0. The van der Waals surface area contributed by atoms with Gasteiger partial charge >= 0.3 is 0 Å². The van der Waals surface area contributed by atoms with E-state index in [0.717, 1.165) is 5.56 Å². The number of benzene rings is 2. The van der Waals surface area contributed by atoms with Gasteiger partial charge in [-0.25, -0.2) is 4.39 Å². The Bertz CT molecular complexity index is 658. The third-order valence-corrected chi connectivity index (χ3v) is 3.24. The molecular weight excluding hydrogens is 297 g/mol. The molecule has 2 aromatic rings. The Labute approximate surface area is 134 Å². The summed E-state index contributed by atoms with van der Waals surface area (Å²) in [4.78, 5) is 12.0. The van der Waals surface area contributed by atoms with Gasteiger partial charge in [0, 0.05) is 18.2 Å². The second kappa shape index (κ2) is 8.29. The molecule has 0 saturated heterocycles. The molecule has 23 heavy (non-hydrogen) atoms. The minimum Gasteiger partial charge on any atom is -0.489 e. The van der Waals surface area contributed by atoms with Crippen LogP contribution in [0.2, 0.25) is 0 Å². The van der Waals surface area contributed by atoms with Crippen LogP contribution in [0.25, 0.3) is 0 Å². The molecule has 2 N–H and O–H groups in total. The lowest BCUT2D eigenvalue weighted by Crippen LogP contribution is -2.26. The van der Waals surface area contributed by atoms with Gasteiger partial charge in [0.1, 0.15) is 18.2 Å². The highest BCUT2D eigenvalue weighted by atomic mass is 19.1. The van der Waals surface area contributed by atoms with Crippen LogP contribution in [-0.4, -0.2) is 23.7 Å². The van der Waals surface area contributed by atoms with Crippen molar-refractivity contribution >= 4 is 5.91 Å². The smallest absolute Gasteiger partial charge is 0.251 e. The molecule has 2 aromatic carbocycles. The molecule has 122 valence electrons. The lowest BCUT2D eigenvalue weighted by molar-refractivity contribution is 0.0945. The van der Waals surface area contributed by atoms with Crippen molar-refractivity contribution in [1.29, 1.82) is 0 Å². The first-order valence-corrected chi connectivity index (χ1v) is 7.48. The molecule has 0 aliphatic carbocycles. The van der Waals surface area contributed by atoms with E-state index < -0.39 is 6.10 Å². The number of nitrogens with one attached hydrogen (secondary N) is 1. The van der Waals surface area contributed by atoms with Crippen LogP contribution in [0.5, 0.6) is 5.75 Å². The summed E-state index contributed by atoms with van der Waals surface area (Å²) in [5, 5.41) is 11.9. The third-order valence-electron chi connectivity index (χ3n) is 3.24. The lowest BCUT2D eigenvalue weighted by atomic mass is 10.1. The fourth-order valence-electron chi connectivity index (χ4n) is 2.02. The molecule has 0 bridgehead atoms. The second-order valence-corrected chi connectivity index (χ2v) is 5.34. The van der Waals surface area contributed by atoms with Crippen LogP contribution in [0.1, 0.15) is 29.3 Å². The van der Waals surface area contributed by atoms with Gasteiger partial charge in [-0.2, -0.15) is 0 Å². The van der Waals surface area contributed by atoms with E-state index in [4.69, 9.17) is 4.74 Å². The second-order valence-electron chi connectivity index (χ2n) is 5.34. The van der Waals surface area contributed by atoms with Crippen LogP contribution in [0, 0.1) is 5.82 Å². The maximum Gasteiger partial charge on any atom is 0.251 e. The highest BCUT2D eigenvalue weighted by Crippen LogP contribution is 2.15. The van der Waals surface area contributed by atoms with Crippen molar-refractivity contribution in [2.75, 3.05) is 6.54 Å². The van der Waals surface area contributed by atoms with E-state index in [2.05, 4.69) is 5.32 Å². The molecular formula is C18H20FNO3. The number of halogens is 1. The summed E-state index contributed by atoms with van der Waals surface area (Å²) in [5.41, 5.74) is 1.34. The molecule has 1 unspecified atom stereocenters. The number of aliphatic hydroxyl groups is 1. The summed E-state index contributed by atoms with van der Waals surface area (Å²) in [6.45, 7) is 2.34. The van der Waals surface area contributed by atoms with Crippen LogP contribution in [0.4, 0.5) is 4.39 Å². The lowest BCUT2D eigenvalue weighted by Gasteiger charge is -2.09. The molecule has 1 atom stereocenters. The van der Waals surface area contributed by atoms with E-state index in [9.17, 15) is 14.3 Å². The number of amides is 1. The van der Waals surface area contributed by atoms with Gasteiger partial charge < -0.3 is 15.2 Å². The Balaban J connectivity index is 1.92. The average molecular weight is 317 g/mol. The number of carbonyl (C=O) groups is 1. The van der Waals surface area contributed by atoms with E-state index in [1.165, 1.54) is 12.1 Å². The topological polar surface area (TPSA) is 58.6 Å². The Morgan fingerprint density at radius 1 is 1.26 bits per heavy atom. The fraction of sp³-hybridized carbons (Fsp3) is 0.278. The van der Waals surface area contributed by atoms with Gasteiger partial charge in [0.15, 0.2) is 0 Å². The fourth-order valence-corrected chi connectivity index (χ4v) is 2.02. The number of hydrogen-bond donors (Lipinski definition) is 2. The molecule has 0 saturated carbocycles. The summed E-state index contributed by atoms with van der Waals surface area (Å²) in [5.74, 6) is -0.108. The first kappa shape index (κ1) is 17.0. The van der Waals surface area contributed by atoms with Gasteiger partial charge in [-0.1, -0.05) is 18.2 Å². The van der Waals surface area contributed by atoms with Crippen molar-refractivity contribution in [3.63, 3.8) is 0 Å². The monoisotopic (exact) mass is 317 g/mol. The molecule has 0 heterocycles. The van der Waals surface area contributed by atoms with Crippen LogP contribution in [0.15, 0.2) is 48.5 Å². The largest absolute Gasteiger partial charge is 0.489 e. The Morgan fingerprint density at radius 2 is 2.04 bits per heavy atom. The normalized spacial score (nSPS) is 11.8. The summed E-state index contributed by atoms with van der Waals surface area (Å²) in [6.07, 6.45) is 0.0648. The van der Waals surface area contributed by atoms with E-state index in [1.54, 1.807) is 37.3 Å². The number of aliphatic hydroxyl groups excluding tert-OH is 1. The van der Waals surface area contributed by atoms with Gasteiger partial charge in [-0.05, 0) is 43.2 Å². The maximum atomic E-state index is 13.1. The number of rotatable bonds is 7. The molecule has 1 amide bonds. The SMILES string of the molecule is CC(O)CCNC(=O)c1cccc(COc2cccc(F)c2)c1. The quantitative estimate of drug-likeness (QED) is 0.825.